The van der Waals surface area contributed by atoms with Gasteiger partial charge in [-0.2, -0.15) is 0 Å². The van der Waals surface area contributed by atoms with Gasteiger partial charge < -0.3 is 14.8 Å². The maximum Gasteiger partial charge on any atom is 0.225 e. The molecule has 0 spiro atoms. The molecule has 144 valence electrons. The van der Waals surface area contributed by atoms with Crippen molar-refractivity contribution in [2.75, 3.05) is 14.2 Å². The number of nitrogens with one attached hydrogen (secondary N) is 1. The first-order valence-electron chi connectivity index (χ1n) is 9.23. The van der Waals surface area contributed by atoms with Crippen molar-refractivity contribution in [1.82, 2.24) is 5.32 Å². The summed E-state index contributed by atoms with van der Waals surface area (Å²) in [6.45, 7) is 2.06. The SMILES string of the molecule is COc1ccc(CC(=O)NC(c2ccccc2)c2ccccc2C)cc1OC. The number of carbonyl (C=O) groups excluding carboxylic acids is 1. The molecule has 0 aliphatic heterocycles. The number of ether oxygens (including phenoxy) is 2. The van der Waals surface area contributed by atoms with Crippen molar-refractivity contribution in [2.45, 2.75) is 19.4 Å². The molecule has 4 nitrogen and oxygen atoms in total. The van der Waals surface area contributed by atoms with Crippen molar-refractivity contribution in [2.24, 2.45) is 0 Å². The van der Waals surface area contributed by atoms with Crippen LogP contribution in [0, 0.1) is 6.92 Å². The van der Waals surface area contributed by atoms with Crippen LogP contribution in [-0.4, -0.2) is 20.1 Å². The van der Waals surface area contributed by atoms with Crippen LogP contribution in [0.5, 0.6) is 11.5 Å². The molecule has 0 heterocycles. The van der Waals surface area contributed by atoms with Crippen LogP contribution in [0.15, 0.2) is 72.8 Å². The molecule has 0 bridgehead atoms. The monoisotopic (exact) mass is 375 g/mol. The van der Waals surface area contributed by atoms with E-state index in [1.807, 2.05) is 60.7 Å². The molecule has 0 aliphatic rings. The van der Waals surface area contributed by atoms with Crippen LogP contribution >= 0.6 is 0 Å². The second kappa shape index (κ2) is 9.09. The number of aryl methyl sites for hydroxylation is 1. The molecule has 0 saturated heterocycles. The van der Waals surface area contributed by atoms with Crippen molar-refractivity contribution in [3.8, 4) is 11.5 Å². The van der Waals surface area contributed by atoms with Crippen molar-refractivity contribution >= 4 is 5.91 Å². The van der Waals surface area contributed by atoms with E-state index in [1.54, 1.807) is 14.2 Å². The maximum absolute atomic E-state index is 12.9. The molecule has 3 aromatic carbocycles. The molecule has 0 radical (unpaired) electrons. The lowest BCUT2D eigenvalue weighted by atomic mass is 9.94. The zero-order chi connectivity index (χ0) is 19.9. The number of hydrogen-bond acceptors (Lipinski definition) is 3. The van der Waals surface area contributed by atoms with Crippen LogP contribution in [0.3, 0.4) is 0 Å². The molecular weight excluding hydrogens is 350 g/mol. The first kappa shape index (κ1) is 19.5. The van der Waals surface area contributed by atoms with Gasteiger partial charge in [-0.25, -0.2) is 0 Å². The van der Waals surface area contributed by atoms with Gasteiger partial charge in [0.15, 0.2) is 11.5 Å². The Kier molecular flexibility index (Phi) is 6.33. The fraction of sp³-hybridized carbons (Fsp3) is 0.208. The summed E-state index contributed by atoms with van der Waals surface area (Å²) in [6.07, 6.45) is 0.259. The average molecular weight is 375 g/mol. The summed E-state index contributed by atoms with van der Waals surface area (Å²) in [7, 11) is 3.18. The second-order valence-electron chi connectivity index (χ2n) is 6.63. The number of benzene rings is 3. The zero-order valence-corrected chi connectivity index (χ0v) is 16.4. The van der Waals surface area contributed by atoms with Gasteiger partial charge in [0.1, 0.15) is 0 Å². The molecule has 1 amide bonds. The van der Waals surface area contributed by atoms with Crippen LogP contribution in [0.1, 0.15) is 28.3 Å². The van der Waals surface area contributed by atoms with Crippen LogP contribution in [0.2, 0.25) is 0 Å². The van der Waals surface area contributed by atoms with Crippen LogP contribution in [0.25, 0.3) is 0 Å². The highest BCUT2D eigenvalue weighted by Gasteiger charge is 2.19. The maximum atomic E-state index is 12.9. The lowest BCUT2D eigenvalue weighted by Crippen LogP contribution is -2.31. The van der Waals surface area contributed by atoms with Gasteiger partial charge in [0.2, 0.25) is 5.91 Å². The molecule has 0 aliphatic carbocycles. The Hall–Kier alpha value is -3.27. The summed E-state index contributed by atoms with van der Waals surface area (Å²) in [6, 6.07) is 23.5. The van der Waals surface area contributed by atoms with Crippen molar-refractivity contribution in [1.29, 1.82) is 0 Å². The molecular formula is C24H25NO3. The highest BCUT2D eigenvalue weighted by molar-refractivity contribution is 5.80. The third-order valence-corrected chi connectivity index (χ3v) is 4.75. The second-order valence-corrected chi connectivity index (χ2v) is 6.63. The minimum atomic E-state index is -0.199. The van der Waals surface area contributed by atoms with Gasteiger partial charge >= 0.3 is 0 Å². The van der Waals surface area contributed by atoms with Crippen molar-refractivity contribution in [3.63, 3.8) is 0 Å². The molecule has 1 unspecified atom stereocenters. The molecule has 1 atom stereocenters. The Morgan fingerprint density at radius 2 is 1.57 bits per heavy atom. The topological polar surface area (TPSA) is 47.6 Å². The quantitative estimate of drug-likeness (QED) is 0.663. The fourth-order valence-electron chi connectivity index (χ4n) is 3.28. The highest BCUT2D eigenvalue weighted by Crippen LogP contribution is 2.28. The molecule has 0 saturated carbocycles. The van der Waals surface area contributed by atoms with E-state index < -0.39 is 0 Å². The standard InChI is InChI=1S/C24H25NO3/c1-17-9-7-8-12-20(17)24(19-10-5-4-6-11-19)25-23(26)16-18-13-14-21(27-2)22(15-18)28-3/h4-15,24H,16H2,1-3H3,(H,25,26). The first-order chi connectivity index (χ1) is 13.6. The van der Waals surface area contributed by atoms with Gasteiger partial charge in [-0.1, -0.05) is 60.7 Å². The fourth-order valence-corrected chi connectivity index (χ4v) is 3.28. The van der Waals surface area contributed by atoms with E-state index in [1.165, 1.54) is 0 Å². The van der Waals surface area contributed by atoms with Gasteiger partial charge in [-0.15, -0.1) is 0 Å². The predicted octanol–water partition coefficient (Wildman–Crippen LogP) is 4.46. The Morgan fingerprint density at radius 1 is 0.893 bits per heavy atom. The van der Waals surface area contributed by atoms with E-state index in [4.69, 9.17) is 9.47 Å². The van der Waals surface area contributed by atoms with E-state index in [0.717, 1.165) is 22.3 Å². The van der Waals surface area contributed by atoms with E-state index in [9.17, 15) is 4.79 Å². The Bertz CT molecular complexity index is 938. The molecule has 1 N–H and O–H groups in total. The van der Waals surface area contributed by atoms with Gasteiger partial charge in [0.25, 0.3) is 0 Å². The summed E-state index contributed by atoms with van der Waals surface area (Å²) in [5.74, 6) is 1.21. The van der Waals surface area contributed by atoms with Gasteiger partial charge in [0, 0.05) is 0 Å². The van der Waals surface area contributed by atoms with Crippen LogP contribution in [-0.2, 0) is 11.2 Å². The van der Waals surface area contributed by atoms with E-state index in [0.29, 0.717) is 11.5 Å². The van der Waals surface area contributed by atoms with Gasteiger partial charge in [-0.05, 0) is 41.3 Å². The minimum absolute atomic E-state index is 0.0515. The summed E-state index contributed by atoms with van der Waals surface area (Å²) in [4.78, 5) is 12.9. The highest BCUT2D eigenvalue weighted by atomic mass is 16.5. The number of methoxy groups -OCH3 is 2. The zero-order valence-electron chi connectivity index (χ0n) is 16.4. The third-order valence-electron chi connectivity index (χ3n) is 4.75. The summed E-state index contributed by atoms with van der Waals surface area (Å²) in [5.41, 5.74) is 4.15. The largest absolute Gasteiger partial charge is 0.493 e. The lowest BCUT2D eigenvalue weighted by Gasteiger charge is -2.22. The number of rotatable bonds is 7. The van der Waals surface area contributed by atoms with E-state index in [-0.39, 0.29) is 18.4 Å². The van der Waals surface area contributed by atoms with Gasteiger partial charge in [-0.3, -0.25) is 4.79 Å². The third kappa shape index (κ3) is 4.52. The van der Waals surface area contributed by atoms with Gasteiger partial charge in [0.05, 0.1) is 26.7 Å². The molecule has 3 aromatic rings. The van der Waals surface area contributed by atoms with Crippen LogP contribution < -0.4 is 14.8 Å². The van der Waals surface area contributed by atoms with Crippen molar-refractivity contribution in [3.05, 3.63) is 95.1 Å². The predicted molar refractivity (Wildman–Crippen MR) is 111 cm³/mol. The number of amides is 1. The summed E-state index contributed by atoms with van der Waals surface area (Å²) >= 11 is 0. The van der Waals surface area contributed by atoms with Crippen LogP contribution in [0.4, 0.5) is 0 Å². The van der Waals surface area contributed by atoms with E-state index in [2.05, 4.69) is 24.4 Å². The summed E-state index contributed by atoms with van der Waals surface area (Å²) < 4.78 is 10.6. The lowest BCUT2D eigenvalue weighted by molar-refractivity contribution is -0.120. The average Bonchev–Trinajstić information content (AvgIpc) is 2.73. The number of carbonyl (C=O) groups is 1. The Morgan fingerprint density at radius 3 is 2.25 bits per heavy atom. The Labute approximate surface area is 166 Å². The molecule has 0 aromatic heterocycles. The molecule has 3 rings (SSSR count). The Balaban J connectivity index is 1.83. The normalized spacial score (nSPS) is 11.5. The smallest absolute Gasteiger partial charge is 0.225 e. The molecule has 0 fully saturated rings. The van der Waals surface area contributed by atoms with E-state index >= 15 is 0 Å². The molecule has 4 heteroatoms. The first-order valence-corrected chi connectivity index (χ1v) is 9.23. The minimum Gasteiger partial charge on any atom is -0.493 e. The number of hydrogen-bond donors (Lipinski definition) is 1. The van der Waals surface area contributed by atoms with Crippen molar-refractivity contribution < 1.29 is 14.3 Å². The molecule has 28 heavy (non-hydrogen) atoms. The summed E-state index contributed by atoms with van der Waals surface area (Å²) in [5, 5.41) is 3.19.